The van der Waals surface area contributed by atoms with Crippen LogP contribution in [-0.2, 0) is 0 Å². The van der Waals surface area contributed by atoms with Crippen LogP contribution >= 0.6 is 23.2 Å². The summed E-state index contributed by atoms with van der Waals surface area (Å²) in [4.78, 5) is 11.3. The van der Waals surface area contributed by atoms with Gasteiger partial charge in [-0.25, -0.2) is 4.79 Å². The first-order valence-electron chi connectivity index (χ1n) is 5.29. The molecule has 0 radical (unpaired) electrons. The molecule has 0 heterocycles. The molecule has 0 aliphatic rings. The summed E-state index contributed by atoms with van der Waals surface area (Å²) in [6, 6.07) is 10.4. The van der Waals surface area contributed by atoms with Gasteiger partial charge in [-0.15, -0.1) is 0 Å². The van der Waals surface area contributed by atoms with Crippen molar-refractivity contribution < 1.29 is 9.90 Å². The van der Waals surface area contributed by atoms with Crippen molar-refractivity contribution in [3.8, 4) is 11.1 Å². The molecule has 0 spiro atoms. The average Bonchev–Trinajstić information content (AvgIpc) is 2.33. The number of rotatable bonds is 2. The number of halogens is 2. The molecule has 4 heteroatoms. The number of aromatic carboxylic acids is 1. The van der Waals surface area contributed by atoms with Crippen molar-refractivity contribution in [2.75, 3.05) is 0 Å². The number of carboxylic acids is 1. The maximum atomic E-state index is 11.3. The van der Waals surface area contributed by atoms with Gasteiger partial charge in [-0.05, 0) is 24.6 Å². The SMILES string of the molecule is Cc1ccc(-c2cccc(Cl)c2Cl)c(C(=O)O)c1. The standard InChI is InChI=1S/C14H10Cl2O2/c1-8-5-6-9(11(7-8)14(17)18)10-3-2-4-12(15)13(10)16/h2-7H,1H3,(H,17,18). The largest absolute Gasteiger partial charge is 0.478 e. The lowest BCUT2D eigenvalue weighted by molar-refractivity contribution is 0.0697. The fraction of sp³-hybridized carbons (Fsp3) is 0.0714. The van der Waals surface area contributed by atoms with Crippen molar-refractivity contribution in [2.24, 2.45) is 0 Å². The summed E-state index contributed by atoms with van der Waals surface area (Å²) in [5.41, 5.74) is 2.30. The van der Waals surface area contributed by atoms with Gasteiger partial charge in [0.1, 0.15) is 0 Å². The molecule has 2 nitrogen and oxygen atoms in total. The predicted octanol–water partition coefficient (Wildman–Crippen LogP) is 4.67. The number of carbonyl (C=O) groups is 1. The first-order valence-corrected chi connectivity index (χ1v) is 6.04. The summed E-state index contributed by atoms with van der Waals surface area (Å²) in [5, 5.41) is 10.0. The third-order valence-electron chi connectivity index (χ3n) is 2.65. The van der Waals surface area contributed by atoms with Crippen LogP contribution < -0.4 is 0 Å². The van der Waals surface area contributed by atoms with Crippen LogP contribution in [0.1, 0.15) is 15.9 Å². The highest BCUT2D eigenvalue weighted by molar-refractivity contribution is 6.43. The van der Waals surface area contributed by atoms with Gasteiger partial charge in [-0.1, -0.05) is 53.0 Å². The summed E-state index contributed by atoms with van der Waals surface area (Å²) < 4.78 is 0. The number of carboxylic acid groups (broad SMARTS) is 1. The lowest BCUT2D eigenvalue weighted by Crippen LogP contribution is -2.00. The Balaban J connectivity index is 2.71. The van der Waals surface area contributed by atoms with E-state index in [0.29, 0.717) is 21.2 Å². The van der Waals surface area contributed by atoms with E-state index in [-0.39, 0.29) is 5.56 Å². The molecule has 2 aromatic carbocycles. The second kappa shape index (κ2) is 5.01. The Labute approximate surface area is 115 Å². The lowest BCUT2D eigenvalue weighted by atomic mass is 9.98. The molecule has 0 saturated heterocycles. The number of hydrogen-bond acceptors (Lipinski definition) is 1. The van der Waals surface area contributed by atoms with Gasteiger partial charge in [0.05, 0.1) is 15.6 Å². The second-order valence-corrected chi connectivity index (χ2v) is 4.74. The predicted molar refractivity (Wildman–Crippen MR) is 73.6 cm³/mol. The minimum atomic E-state index is -0.982. The van der Waals surface area contributed by atoms with Gasteiger partial charge >= 0.3 is 5.97 Å². The first-order chi connectivity index (χ1) is 8.50. The quantitative estimate of drug-likeness (QED) is 0.868. The van der Waals surface area contributed by atoms with Crippen LogP contribution in [0, 0.1) is 6.92 Å². The Bertz CT molecular complexity index is 621. The minimum Gasteiger partial charge on any atom is -0.478 e. The third kappa shape index (κ3) is 2.35. The van der Waals surface area contributed by atoms with Crippen LogP contribution in [0.4, 0.5) is 0 Å². The van der Waals surface area contributed by atoms with E-state index in [1.807, 2.05) is 13.0 Å². The zero-order chi connectivity index (χ0) is 13.3. The molecular formula is C14H10Cl2O2. The van der Waals surface area contributed by atoms with E-state index in [1.54, 1.807) is 30.3 Å². The van der Waals surface area contributed by atoms with Crippen LogP contribution in [0.15, 0.2) is 36.4 Å². The van der Waals surface area contributed by atoms with Gasteiger partial charge in [0.2, 0.25) is 0 Å². The summed E-state index contributed by atoms with van der Waals surface area (Å²) in [5.74, 6) is -0.982. The van der Waals surface area contributed by atoms with E-state index >= 15 is 0 Å². The van der Waals surface area contributed by atoms with Crippen LogP contribution in [-0.4, -0.2) is 11.1 Å². The summed E-state index contributed by atoms with van der Waals surface area (Å²) in [6.45, 7) is 1.84. The molecule has 0 amide bonds. The number of hydrogen-bond donors (Lipinski definition) is 1. The van der Waals surface area contributed by atoms with Gasteiger partial charge in [0.15, 0.2) is 0 Å². The highest BCUT2D eigenvalue weighted by atomic mass is 35.5. The van der Waals surface area contributed by atoms with Gasteiger partial charge < -0.3 is 5.11 Å². The molecule has 0 bridgehead atoms. The van der Waals surface area contributed by atoms with Gasteiger partial charge in [-0.2, -0.15) is 0 Å². The Morgan fingerprint density at radius 1 is 1.11 bits per heavy atom. The molecule has 1 N–H and O–H groups in total. The van der Waals surface area contributed by atoms with Crippen molar-refractivity contribution in [3.05, 3.63) is 57.6 Å². The zero-order valence-corrected chi connectivity index (χ0v) is 11.1. The van der Waals surface area contributed by atoms with E-state index < -0.39 is 5.97 Å². The number of aryl methyl sites for hydroxylation is 1. The fourth-order valence-corrected chi connectivity index (χ4v) is 2.18. The molecule has 0 unspecified atom stereocenters. The molecule has 0 aliphatic heterocycles. The normalized spacial score (nSPS) is 10.4. The Morgan fingerprint density at radius 3 is 2.50 bits per heavy atom. The van der Waals surface area contributed by atoms with E-state index in [2.05, 4.69) is 0 Å². The maximum Gasteiger partial charge on any atom is 0.336 e. The van der Waals surface area contributed by atoms with E-state index in [1.165, 1.54) is 0 Å². The molecule has 0 saturated carbocycles. The molecule has 0 aromatic heterocycles. The Hall–Kier alpha value is -1.51. The average molecular weight is 281 g/mol. The van der Waals surface area contributed by atoms with Crippen molar-refractivity contribution >= 4 is 29.2 Å². The van der Waals surface area contributed by atoms with E-state index in [9.17, 15) is 9.90 Å². The summed E-state index contributed by atoms with van der Waals surface area (Å²) >= 11 is 12.1. The Morgan fingerprint density at radius 2 is 1.83 bits per heavy atom. The molecule has 0 fully saturated rings. The smallest absolute Gasteiger partial charge is 0.336 e. The molecule has 18 heavy (non-hydrogen) atoms. The van der Waals surface area contributed by atoms with Gasteiger partial charge in [-0.3, -0.25) is 0 Å². The first kappa shape index (κ1) is 12.9. The molecule has 0 aliphatic carbocycles. The van der Waals surface area contributed by atoms with Crippen LogP contribution in [0.25, 0.3) is 11.1 Å². The Kier molecular flexibility index (Phi) is 3.60. The molecular weight excluding hydrogens is 271 g/mol. The zero-order valence-electron chi connectivity index (χ0n) is 9.58. The number of benzene rings is 2. The van der Waals surface area contributed by atoms with Crippen molar-refractivity contribution in [1.29, 1.82) is 0 Å². The van der Waals surface area contributed by atoms with Crippen LogP contribution in [0.2, 0.25) is 10.0 Å². The van der Waals surface area contributed by atoms with Crippen LogP contribution in [0.5, 0.6) is 0 Å². The highest BCUT2D eigenvalue weighted by Gasteiger charge is 2.15. The van der Waals surface area contributed by atoms with Crippen LogP contribution in [0.3, 0.4) is 0 Å². The summed E-state index contributed by atoms with van der Waals surface area (Å²) in [6.07, 6.45) is 0. The van der Waals surface area contributed by atoms with Crippen molar-refractivity contribution in [1.82, 2.24) is 0 Å². The van der Waals surface area contributed by atoms with E-state index in [4.69, 9.17) is 23.2 Å². The third-order valence-corrected chi connectivity index (χ3v) is 3.47. The molecule has 2 aromatic rings. The maximum absolute atomic E-state index is 11.3. The lowest BCUT2D eigenvalue weighted by Gasteiger charge is -2.10. The van der Waals surface area contributed by atoms with Gasteiger partial charge in [0, 0.05) is 5.56 Å². The molecule has 2 rings (SSSR count). The van der Waals surface area contributed by atoms with Crippen molar-refractivity contribution in [3.63, 3.8) is 0 Å². The molecule has 92 valence electrons. The molecule has 0 atom stereocenters. The van der Waals surface area contributed by atoms with Crippen molar-refractivity contribution in [2.45, 2.75) is 6.92 Å². The highest BCUT2D eigenvalue weighted by Crippen LogP contribution is 2.35. The monoisotopic (exact) mass is 280 g/mol. The fourth-order valence-electron chi connectivity index (χ4n) is 1.78. The topological polar surface area (TPSA) is 37.3 Å². The van der Waals surface area contributed by atoms with Gasteiger partial charge in [0.25, 0.3) is 0 Å². The summed E-state index contributed by atoms with van der Waals surface area (Å²) in [7, 11) is 0. The van der Waals surface area contributed by atoms with E-state index in [0.717, 1.165) is 5.56 Å². The second-order valence-electron chi connectivity index (χ2n) is 3.96. The minimum absolute atomic E-state index is 0.221.